The fourth-order valence-electron chi connectivity index (χ4n) is 5.21. The molecule has 2 aliphatic carbocycles. The highest BCUT2D eigenvalue weighted by Crippen LogP contribution is 2.47. The van der Waals surface area contributed by atoms with Crippen LogP contribution in [0.4, 0.5) is 0 Å². The predicted octanol–water partition coefficient (Wildman–Crippen LogP) is 2.81. The maximum Gasteiger partial charge on any atom is 0.253 e. The standard InChI is InChI=1S/C20H27N5O/c26-19(24-15-10-20(11-15)5-7-21-8-6-20)14-9-17-18(22-12-14)25(13-23-17)16-3-1-2-4-16/h9,12-13,15-16,21H,1-8,10-11H2,(H,24,26). The molecule has 2 N–H and O–H groups in total. The molecule has 1 amide bonds. The Kier molecular flexibility index (Phi) is 3.96. The van der Waals surface area contributed by atoms with E-state index in [9.17, 15) is 4.79 Å². The first kappa shape index (κ1) is 16.2. The molecule has 3 fully saturated rings. The van der Waals surface area contributed by atoms with E-state index in [1.165, 1.54) is 38.5 Å². The number of pyridine rings is 1. The fraction of sp³-hybridized carbons (Fsp3) is 0.650. The average molecular weight is 353 g/mol. The van der Waals surface area contributed by atoms with Crippen LogP contribution in [-0.4, -0.2) is 39.6 Å². The minimum absolute atomic E-state index is 0.0106. The number of aromatic nitrogens is 3. The van der Waals surface area contributed by atoms with Crippen LogP contribution in [0.2, 0.25) is 0 Å². The average Bonchev–Trinajstić information content (AvgIpc) is 3.30. The summed E-state index contributed by atoms with van der Waals surface area (Å²) in [5.41, 5.74) is 2.84. The molecular formula is C20H27N5O. The van der Waals surface area contributed by atoms with Crippen LogP contribution in [0, 0.1) is 5.41 Å². The smallest absolute Gasteiger partial charge is 0.253 e. The van der Waals surface area contributed by atoms with Gasteiger partial charge in [-0.1, -0.05) is 12.8 Å². The number of amides is 1. The van der Waals surface area contributed by atoms with Gasteiger partial charge in [-0.15, -0.1) is 0 Å². The molecule has 5 rings (SSSR count). The Morgan fingerprint density at radius 3 is 2.73 bits per heavy atom. The highest BCUT2D eigenvalue weighted by molar-refractivity contribution is 5.96. The lowest BCUT2D eigenvalue weighted by Gasteiger charge is -2.50. The van der Waals surface area contributed by atoms with Gasteiger partial charge in [0.15, 0.2) is 5.65 Å². The quantitative estimate of drug-likeness (QED) is 0.890. The Labute approximate surface area is 153 Å². The van der Waals surface area contributed by atoms with Gasteiger partial charge in [0.05, 0.1) is 11.9 Å². The van der Waals surface area contributed by atoms with Gasteiger partial charge in [0, 0.05) is 18.3 Å². The van der Waals surface area contributed by atoms with Crippen molar-refractivity contribution < 1.29 is 4.79 Å². The van der Waals surface area contributed by atoms with E-state index in [1.54, 1.807) is 6.20 Å². The number of hydrogen-bond donors (Lipinski definition) is 2. The van der Waals surface area contributed by atoms with Crippen LogP contribution in [0.15, 0.2) is 18.6 Å². The summed E-state index contributed by atoms with van der Waals surface area (Å²) in [6, 6.07) is 2.72. The summed E-state index contributed by atoms with van der Waals surface area (Å²) in [6.07, 6.45) is 13.3. The number of nitrogens with one attached hydrogen (secondary N) is 2. The molecule has 2 aromatic rings. The van der Waals surface area contributed by atoms with Crippen molar-refractivity contribution in [2.75, 3.05) is 13.1 Å². The topological polar surface area (TPSA) is 71.8 Å². The molecule has 0 bridgehead atoms. The van der Waals surface area contributed by atoms with Crippen molar-refractivity contribution in [2.24, 2.45) is 5.41 Å². The maximum atomic E-state index is 12.6. The zero-order valence-corrected chi connectivity index (χ0v) is 15.2. The summed E-state index contributed by atoms with van der Waals surface area (Å²) < 4.78 is 2.19. The highest BCUT2D eigenvalue weighted by atomic mass is 16.1. The molecule has 2 aromatic heterocycles. The lowest BCUT2D eigenvalue weighted by Crippen LogP contribution is -2.54. The van der Waals surface area contributed by atoms with Crippen LogP contribution in [-0.2, 0) is 0 Å². The molecule has 2 saturated carbocycles. The van der Waals surface area contributed by atoms with E-state index >= 15 is 0 Å². The van der Waals surface area contributed by atoms with Gasteiger partial charge >= 0.3 is 0 Å². The SMILES string of the molecule is O=C(NC1CC2(CCNCC2)C1)c1cnc2c(c1)ncn2C1CCCC1. The summed E-state index contributed by atoms with van der Waals surface area (Å²) in [7, 11) is 0. The van der Waals surface area contributed by atoms with Crippen LogP contribution in [0.5, 0.6) is 0 Å². The second-order valence-electron chi connectivity index (χ2n) is 8.49. The molecule has 26 heavy (non-hydrogen) atoms. The third-order valence-electron chi connectivity index (χ3n) is 6.75. The lowest BCUT2D eigenvalue weighted by atomic mass is 9.60. The zero-order chi connectivity index (χ0) is 17.6. The van der Waals surface area contributed by atoms with Gasteiger partial charge in [-0.05, 0) is 63.1 Å². The van der Waals surface area contributed by atoms with Crippen molar-refractivity contribution in [2.45, 2.75) is 63.5 Å². The molecule has 138 valence electrons. The van der Waals surface area contributed by atoms with Gasteiger partial charge in [0.2, 0.25) is 0 Å². The number of carbonyl (C=O) groups is 1. The second-order valence-corrected chi connectivity index (χ2v) is 8.49. The highest BCUT2D eigenvalue weighted by Gasteiger charge is 2.45. The normalized spacial score (nSPS) is 23.4. The summed E-state index contributed by atoms with van der Waals surface area (Å²) in [5, 5.41) is 6.62. The Morgan fingerprint density at radius 1 is 1.19 bits per heavy atom. The van der Waals surface area contributed by atoms with Crippen LogP contribution < -0.4 is 10.6 Å². The predicted molar refractivity (Wildman–Crippen MR) is 100 cm³/mol. The number of fused-ring (bicyclic) bond motifs is 1. The van der Waals surface area contributed by atoms with E-state index in [4.69, 9.17) is 0 Å². The first-order valence-corrected chi connectivity index (χ1v) is 10.1. The molecule has 3 aliphatic rings. The van der Waals surface area contributed by atoms with Crippen molar-refractivity contribution >= 4 is 17.1 Å². The number of rotatable bonds is 3. The van der Waals surface area contributed by atoms with E-state index in [1.807, 2.05) is 12.4 Å². The van der Waals surface area contributed by atoms with Gasteiger partial charge in [-0.2, -0.15) is 0 Å². The molecule has 3 heterocycles. The van der Waals surface area contributed by atoms with Gasteiger partial charge < -0.3 is 15.2 Å². The number of hydrogen-bond acceptors (Lipinski definition) is 4. The molecule has 0 aromatic carbocycles. The molecule has 1 aliphatic heterocycles. The van der Waals surface area contributed by atoms with Gasteiger partial charge in [-0.3, -0.25) is 4.79 Å². The number of piperidine rings is 1. The largest absolute Gasteiger partial charge is 0.349 e. The van der Waals surface area contributed by atoms with Crippen LogP contribution in [0.3, 0.4) is 0 Å². The first-order chi connectivity index (χ1) is 12.7. The summed E-state index contributed by atoms with van der Waals surface area (Å²) >= 11 is 0. The Morgan fingerprint density at radius 2 is 1.96 bits per heavy atom. The summed E-state index contributed by atoms with van der Waals surface area (Å²) in [5.74, 6) is -0.0106. The van der Waals surface area contributed by atoms with Crippen molar-refractivity contribution in [1.82, 2.24) is 25.2 Å². The number of carbonyl (C=O) groups excluding carboxylic acids is 1. The molecule has 1 spiro atoms. The van der Waals surface area contributed by atoms with Crippen molar-refractivity contribution in [3.8, 4) is 0 Å². The lowest BCUT2D eigenvalue weighted by molar-refractivity contribution is 0.0423. The van der Waals surface area contributed by atoms with Gasteiger partial charge in [0.25, 0.3) is 5.91 Å². The Bertz CT molecular complexity index is 809. The van der Waals surface area contributed by atoms with E-state index in [0.717, 1.165) is 37.1 Å². The minimum Gasteiger partial charge on any atom is -0.349 e. The molecule has 1 saturated heterocycles. The van der Waals surface area contributed by atoms with Crippen molar-refractivity contribution in [3.05, 3.63) is 24.2 Å². The monoisotopic (exact) mass is 353 g/mol. The first-order valence-electron chi connectivity index (χ1n) is 10.1. The second kappa shape index (κ2) is 6.34. The van der Waals surface area contributed by atoms with E-state index in [-0.39, 0.29) is 5.91 Å². The van der Waals surface area contributed by atoms with E-state index in [2.05, 4.69) is 25.2 Å². The van der Waals surface area contributed by atoms with Crippen LogP contribution in [0.25, 0.3) is 11.2 Å². The zero-order valence-electron chi connectivity index (χ0n) is 15.2. The number of imidazole rings is 1. The van der Waals surface area contributed by atoms with E-state index in [0.29, 0.717) is 23.1 Å². The molecular weight excluding hydrogens is 326 g/mol. The van der Waals surface area contributed by atoms with E-state index < -0.39 is 0 Å². The minimum atomic E-state index is -0.0106. The number of nitrogens with zero attached hydrogens (tertiary/aromatic N) is 3. The third-order valence-corrected chi connectivity index (χ3v) is 6.75. The Hall–Kier alpha value is -1.95. The Balaban J connectivity index is 1.26. The third kappa shape index (κ3) is 2.80. The van der Waals surface area contributed by atoms with Crippen LogP contribution >= 0.6 is 0 Å². The summed E-state index contributed by atoms with van der Waals surface area (Å²) in [6.45, 7) is 2.23. The van der Waals surface area contributed by atoms with Gasteiger partial charge in [0.1, 0.15) is 5.52 Å². The molecule has 6 nitrogen and oxygen atoms in total. The van der Waals surface area contributed by atoms with Crippen LogP contribution in [0.1, 0.15) is 67.8 Å². The molecule has 6 heteroatoms. The molecule has 0 unspecified atom stereocenters. The fourth-order valence-corrected chi connectivity index (χ4v) is 5.21. The molecule has 0 radical (unpaired) electrons. The van der Waals surface area contributed by atoms with Crippen molar-refractivity contribution in [3.63, 3.8) is 0 Å². The maximum absolute atomic E-state index is 12.6. The van der Waals surface area contributed by atoms with Gasteiger partial charge in [-0.25, -0.2) is 9.97 Å². The summed E-state index contributed by atoms with van der Waals surface area (Å²) in [4.78, 5) is 21.7. The van der Waals surface area contributed by atoms with Crippen molar-refractivity contribution in [1.29, 1.82) is 0 Å². The molecule has 0 atom stereocenters.